The topological polar surface area (TPSA) is 65.1 Å². The molecule has 0 heterocycles. The van der Waals surface area contributed by atoms with Crippen LogP contribution in [-0.4, -0.2) is 62.9 Å². The summed E-state index contributed by atoms with van der Waals surface area (Å²) in [5.74, 6) is 0.271. The summed E-state index contributed by atoms with van der Waals surface area (Å²) in [5.41, 5.74) is 0. The highest BCUT2D eigenvalue weighted by Crippen LogP contribution is 2.24. The van der Waals surface area contributed by atoms with E-state index >= 15 is 0 Å². The second-order valence-electron chi connectivity index (χ2n) is 11.3. The van der Waals surface area contributed by atoms with E-state index in [0.717, 1.165) is 31.3 Å². The van der Waals surface area contributed by atoms with Crippen LogP contribution >= 0.6 is 11.8 Å². The number of hydrogen-bond acceptors (Lipinski definition) is 7. The Morgan fingerprint density at radius 2 is 1.10 bits per heavy atom. The van der Waals surface area contributed by atoms with E-state index in [-0.39, 0.29) is 23.5 Å². The molecule has 8 heteroatoms. The number of thioether (sulfide) groups is 1. The van der Waals surface area contributed by atoms with Crippen molar-refractivity contribution in [2.75, 3.05) is 32.1 Å². The van der Waals surface area contributed by atoms with Crippen molar-refractivity contribution in [3.63, 3.8) is 0 Å². The standard InChI is InChI=1S/C33H67NO5SSi/c1-7-12-14-16-18-20-22-24-27-34(28-25-23-21-19-17-15-13-8-2)31(6)39-41(37-10-4,38-11-5)30-26-29-40-33(36)32(35)9-3/h31H,7-30H2,1-6H3. The summed E-state index contributed by atoms with van der Waals surface area (Å²) in [6, 6.07) is 0.656. The molecule has 244 valence electrons. The minimum atomic E-state index is -2.93. The first-order valence-corrected chi connectivity index (χ1v) is 20.2. The van der Waals surface area contributed by atoms with E-state index in [4.69, 9.17) is 13.3 Å². The Kier molecular flexibility index (Phi) is 28.3. The highest BCUT2D eigenvalue weighted by atomic mass is 32.2. The van der Waals surface area contributed by atoms with Gasteiger partial charge in [0.1, 0.15) is 6.23 Å². The number of unbranched alkanes of at least 4 members (excludes halogenated alkanes) is 14. The summed E-state index contributed by atoms with van der Waals surface area (Å²) in [6.45, 7) is 15.6. The average Bonchev–Trinajstić information content (AvgIpc) is 2.96. The maximum absolute atomic E-state index is 12.0. The fraction of sp³-hybridized carbons (Fsp3) is 0.939. The van der Waals surface area contributed by atoms with E-state index in [1.54, 1.807) is 6.92 Å². The molecule has 0 rings (SSSR count). The van der Waals surface area contributed by atoms with Gasteiger partial charge in [-0.25, -0.2) is 0 Å². The van der Waals surface area contributed by atoms with Gasteiger partial charge in [0.05, 0.1) is 0 Å². The number of hydrogen-bond donors (Lipinski definition) is 0. The molecule has 0 spiro atoms. The lowest BCUT2D eigenvalue weighted by atomic mass is 10.1. The van der Waals surface area contributed by atoms with Crippen molar-refractivity contribution in [2.24, 2.45) is 0 Å². The Labute approximate surface area is 260 Å². The van der Waals surface area contributed by atoms with Crippen LogP contribution in [-0.2, 0) is 22.9 Å². The second-order valence-corrected chi connectivity index (χ2v) is 15.0. The molecule has 1 unspecified atom stereocenters. The lowest BCUT2D eigenvalue weighted by Gasteiger charge is -2.37. The first kappa shape index (κ1) is 40.7. The summed E-state index contributed by atoms with van der Waals surface area (Å²) in [6.07, 6.45) is 22.0. The molecule has 0 aliphatic carbocycles. The molecule has 0 aliphatic heterocycles. The summed E-state index contributed by atoms with van der Waals surface area (Å²) in [4.78, 5) is 26.1. The van der Waals surface area contributed by atoms with Crippen LogP contribution in [0.3, 0.4) is 0 Å². The molecule has 41 heavy (non-hydrogen) atoms. The fourth-order valence-corrected chi connectivity index (χ4v) is 8.96. The Bertz CT molecular complexity index is 598. The zero-order valence-electron chi connectivity index (χ0n) is 27.9. The third kappa shape index (κ3) is 22.0. The number of carbonyl (C=O) groups excluding carboxylic acids is 2. The minimum Gasteiger partial charge on any atom is -0.374 e. The largest absolute Gasteiger partial charge is 0.502 e. The highest BCUT2D eigenvalue weighted by molar-refractivity contribution is 8.15. The monoisotopic (exact) mass is 617 g/mol. The van der Waals surface area contributed by atoms with Gasteiger partial charge >= 0.3 is 8.80 Å². The van der Waals surface area contributed by atoms with E-state index < -0.39 is 8.80 Å². The summed E-state index contributed by atoms with van der Waals surface area (Å²) >= 11 is 1.11. The van der Waals surface area contributed by atoms with Crippen LogP contribution in [0.2, 0.25) is 6.04 Å². The van der Waals surface area contributed by atoms with Gasteiger partial charge in [0.25, 0.3) is 5.12 Å². The lowest BCUT2D eigenvalue weighted by molar-refractivity contribution is -0.131. The lowest BCUT2D eigenvalue weighted by Crippen LogP contribution is -2.52. The first-order chi connectivity index (χ1) is 19.9. The molecule has 0 radical (unpaired) electrons. The summed E-state index contributed by atoms with van der Waals surface area (Å²) in [7, 11) is -2.93. The van der Waals surface area contributed by atoms with Crippen molar-refractivity contribution in [1.82, 2.24) is 4.90 Å². The van der Waals surface area contributed by atoms with Crippen LogP contribution < -0.4 is 0 Å². The minimum absolute atomic E-state index is 0.0789. The van der Waals surface area contributed by atoms with Crippen molar-refractivity contribution in [3.8, 4) is 0 Å². The first-order valence-electron chi connectivity index (χ1n) is 17.3. The van der Waals surface area contributed by atoms with Crippen molar-refractivity contribution in [3.05, 3.63) is 0 Å². The Morgan fingerprint density at radius 3 is 1.51 bits per heavy atom. The molecule has 0 saturated carbocycles. The number of nitrogens with zero attached hydrogens (tertiary/aromatic N) is 1. The number of ketones is 1. The van der Waals surface area contributed by atoms with Crippen LogP contribution in [0.1, 0.15) is 157 Å². The smallest absolute Gasteiger partial charge is 0.374 e. The van der Waals surface area contributed by atoms with Gasteiger partial charge in [-0.3, -0.25) is 14.5 Å². The molecule has 0 aromatic heterocycles. The number of carbonyl (C=O) groups is 2. The molecule has 0 aliphatic rings. The maximum Gasteiger partial charge on any atom is 0.502 e. The third-order valence-electron chi connectivity index (χ3n) is 7.60. The van der Waals surface area contributed by atoms with Crippen molar-refractivity contribution in [1.29, 1.82) is 0 Å². The molecular formula is C33H67NO5SSi. The van der Waals surface area contributed by atoms with E-state index in [1.807, 2.05) is 13.8 Å². The molecule has 0 aromatic carbocycles. The normalized spacial score (nSPS) is 12.8. The van der Waals surface area contributed by atoms with Crippen molar-refractivity contribution >= 4 is 31.5 Å². The zero-order valence-corrected chi connectivity index (χ0v) is 29.8. The molecule has 0 N–H and O–H groups in total. The molecule has 6 nitrogen and oxygen atoms in total. The van der Waals surface area contributed by atoms with E-state index in [9.17, 15) is 9.59 Å². The van der Waals surface area contributed by atoms with Crippen LogP contribution in [0.5, 0.6) is 0 Å². The predicted octanol–water partition coefficient (Wildman–Crippen LogP) is 9.57. The molecule has 0 fully saturated rings. The summed E-state index contributed by atoms with van der Waals surface area (Å²) < 4.78 is 19.3. The Morgan fingerprint density at radius 1 is 0.659 bits per heavy atom. The predicted molar refractivity (Wildman–Crippen MR) is 179 cm³/mol. The van der Waals surface area contributed by atoms with Crippen molar-refractivity contribution < 1.29 is 22.9 Å². The zero-order chi connectivity index (χ0) is 30.6. The SMILES string of the molecule is CCCCCCCCCCN(CCCCCCCCCC)C(C)O[Si](CCCSC(=O)C(=O)CC)(OCC)OCC. The van der Waals surface area contributed by atoms with Gasteiger partial charge in [0.2, 0.25) is 5.78 Å². The van der Waals surface area contributed by atoms with Crippen LogP contribution in [0.15, 0.2) is 0 Å². The van der Waals surface area contributed by atoms with Gasteiger partial charge in [0, 0.05) is 44.5 Å². The van der Waals surface area contributed by atoms with Gasteiger partial charge in [-0.2, -0.15) is 0 Å². The molecular weight excluding hydrogens is 551 g/mol. The van der Waals surface area contributed by atoms with Crippen LogP contribution in [0.4, 0.5) is 0 Å². The van der Waals surface area contributed by atoms with Gasteiger partial charge in [-0.1, -0.05) is 122 Å². The second kappa shape index (κ2) is 28.5. The molecule has 1 atom stereocenters. The highest BCUT2D eigenvalue weighted by Gasteiger charge is 2.42. The van der Waals surface area contributed by atoms with Gasteiger partial charge in [0.15, 0.2) is 0 Å². The fourth-order valence-electron chi connectivity index (χ4n) is 5.14. The van der Waals surface area contributed by atoms with Gasteiger partial charge < -0.3 is 13.3 Å². The molecule has 0 amide bonds. The Balaban J connectivity index is 5.05. The maximum atomic E-state index is 12.0. The van der Waals surface area contributed by atoms with Crippen LogP contribution in [0.25, 0.3) is 0 Å². The quantitative estimate of drug-likeness (QED) is 0.0332. The van der Waals surface area contributed by atoms with Crippen LogP contribution in [0, 0.1) is 0 Å². The van der Waals surface area contributed by atoms with Crippen molar-refractivity contribution in [2.45, 2.75) is 169 Å². The van der Waals surface area contributed by atoms with E-state index in [1.165, 1.54) is 103 Å². The number of rotatable bonds is 31. The molecule has 0 aromatic rings. The molecule has 0 saturated heterocycles. The third-order valence-corrected chi connectivity index (χ3v) is 11.7. The average molecular weight is 618 g/mol. The van der Waals surface area contributed by atoms with Gasteiger partial charge in [-0.05, 0) is 40.0 Å². The number of Topliss-reactive ketones (excluding diaryl/α,β-unsaturated/α-hetero) is 1. The van der Waals surface area contributed by atoms with E-state index in [2.05, 4.69) is 25.7 Å². The molecule has 0 bridgehead atoms. The van der Waals surface area contributed by atoms with E-state index in [0.29, 0.717) is 25.0 Å². The summed E-state index contributed by atoms with van der Waals surface area (Å²) in [5, 5.41) is -0.344. The van der Waals surface area contributed by atoms with Gasteiger partial charge in [-0.15, -0.1) is 0 Å². The Hall–Kier alpha value is -0.253.